The molecule has 17 heavy (non-hydrogen) atoms. The largest absolute Gasteiger partial charge is 0.339 e. The van der Waals surface area contributed by atoms with Crippen LogP contribution in [-0.2, 0) is 0 Å². The van der Waals surface area contributed by atoms with E-state index in [0.29, 0.717) is 3.92 Å². The van der Waals surface area contributed by atoms with Crippen molar-refractivity contribution in [3.8, 4) is 0 Å². The molecule has 4 heteroatoms. The summed E-state index contributed by atoms with van der Waals surface area (Å²) in [4.78, 5) is 10.6. The van der Waals surface area contributed by atoms with Gasteiger partial charge in [-0.25, -0.2) is 4.99 Å². The molecule has 3 nitrogen and oxygen atoms in total. The first-order valence-corrected chi connectivity index (χ1v) is 6.92. The highest BCUT2D eigenvalue weighted by molar-refractivity contribution is 14.1. The molecule has 0 aliphatic carbocycles. The van der Waals surface area contributed by atoms with E-state index in [2.05, 4.69) is 59.9 Å². The first kappa shape index (κ1) is 16.4. The maximum absolute atomic E-state index is 4.40. The highest BCUT2D eigenvalue weighted by Gasteiger charge is 2.05. The molecule has 96 valence electrons. The summed E-state index contributed by atoms with van der Waals surface area (Å²) in [5, 5.41) is 0. The summed E-state index contributed by atoms with van der Waals surface area (Å²) in [6.07, 6.45) is 4.65. The van der Waals surface area contributed by atoms with Crippen molar-refractivity contribution in [3.05, 3.63) is 23.9 Å². The fourth-order valence-corrected chi connectivity index (χ4v) is 1.92. The third-order valence-corrected chi connectivity index (χ3v) is 3.03. The number of halogens is 1. The lowest BCUT2D eigenvalue weighted by atomic mass is 10.2. The molecule has 0 aliphatic heterocycles. The van der Waals surface area contributed by atoms with Crippen molar-refractivity contribution in [2.75, 3.05) is 14.1 Å². The van der Waals surface area contributed by atoms with E-state index in [0.717, 1.165) is 12.3 Å². The van der Waals surface area contributed by atoms with Gasteiger partial charge in [-0.1, -0.05) is 42.2 Å². The van der Waals surface area contributed by atoms with Gasteiger partial charge in [0.05, 0.1) is 10.3 Å². The van der Waals surface area contributed by atoms with Crippen LogP contribution in [0.3, 0.4) is 0 Å². The van der Waals surface area contributed by atoms with Crippen molar-refractivity contribution >= 4 is 34.8 Å². The first-order chi connectivity index (χ1) is 7.97. The monoisotopic (exact) mass is 347 g/mol. The van der Waals surface area contributed by atoms with Gasteiger partial charge < -0.3 is 4.90 Å². The summed E-state index contributed by atoms with van der Waals surface area (Å²) < 4.78 is 0.316. The number of aliphatic imine (C=N–C) groups is 2. The van der Waals surface area contributed by atoms with Crippen molar-refractivity contribution in [2.24, 2.45) is 9.98 Å². The van der Waals surface area contributed by atoms with Crippen molar-refractivity contribution in [3.63, 3.8) is 0 Å². The third-order valence-electron chi connectivity index (χ3n) is 2.47. The fourth-order valence-electron chi connectivity index (χ4n) is 1.48. The molecule has 0 spiro atoms. The van der Waals surface area contributed by atoms with Crippen LogP contribution in [-0.4, -0.2) is 35.1 Å². The van der Waals surface area contributed by atoms with Crippen LogP contribution in [0.4, 0.5) is 0 Å². The fraction of sp³-hybridized carbons (Fsp3) is 0.538. The number of allylic oxidation sites excluding steroid dienone is 3. The lowest BCUT2D eigenvalue weighted by Crippen LogP contribution is -2.18. The molecular weight excluding hydrogens is 325 g/mol. The zero-order valence-corrected chi connectivity index (χ0v) is 13.5. The molecule has 0 aromatic rings. The van der Waals surface area contributed by atoms with Crippen molar-refractivity contribution in [1.29, 1.82) is 0 Å². The zero-order chi connectivity index (χ0) is 13.4. The van der Waals surface area contributed by atoms with Crippen LogP contribution < -0.4 is 0 Å². The normalized spacial score (nSPS) is 15.8. The number of amidine groups is 1. The Labute approximate surface area is 119 Å². The Kier molecular flexibility index (Phi) is 8.12. The minimum absolute atomic E-state index is 0.316. The van der Waals surface area contributed by atoms with Crippen LogP contribution in [0.5, 0.6) is 0 Å². The van der Waals surface area contributed by atoms with Gasteiger partial charge in [-0.15, -0.1) is 0 Å². The molecule has 0 heterocycles. The quantitative estimate of drug-likeness (QED) is 0.245. The summed E-state index contributed by atoms with van der Waals surface area (Å²) in [6, 6.07) is 0. The second-order valence-electron chi connectivity index (χ2n) is 3.74. The molecule has 0 aromatic heterocycles. The molecule has 0 N–H and O–H groups in total. The minimum atomic E-state index is 0.316. The van der Waals surface area contributed by atoms with E-state index < -0.39 is 0 Å². The molecule has 0 saturated carbocycles. The zero-order valence-electron chi connectivity index (χ0n) is 11.4. The van der Waals surface area contributed by atoms with E-state index in [-0.39, 0.29) is 0 Å². The average Bonchev–Trinajstić information content (AvgIpc) is 2.29. The van der Waals surface area contributed by atoms with Crippen molar-refractivity contribution in [1.82, 2.24) is 4.90 Å². The Morgan fingerprint density at radius 1 is 1.53 bits per heavy atom. The molecule has 1 atom stereocenters. The number of nitrogens with zero attached hydrogens (tertiary/aromatic N) is 3. The van der Waals surface area contributed by atoms with E-state index >= 15 is 0 Å². The molecule has 1 unspecified atom stereocenters. The Morgan fingerprint density at radius 3 is 2.47 bits per heavy atom. The summed E-state index contributed by atoms with van der Waals surface area (Å²) in [5.74, 6) is 0.851. The van der Waals surface area contributed by atoms with Gasteiger partial charge in [0, 0.05) is 19.8 Å². The molecule has 0 bridgehead atoms. The second kappa shape index (κ2) is 8.44. The maximum Gasteiger partial charge on any atom is 0.137 e. The van der Waals surface area contributed by atoms with E-state index in [4.69, 9.17) is 0 Å². The maximum atomic E-state index is 4.40. The van der Waals surface area contributed by atoms with E-state index in [1.165, 1.54) is 11.3 Å². The summed E-state index contributed by atoms with van der Waals surface area (Å²) in [7, 11) is 3.77. The summed E-state index contributed by atoms with van der Waals surface area (Å²) >= 11 is 2.31. The van der Waals surface area contributed by atoms with Crippen LogP contribution >= 0.6 is 22.6 Å². The molecule has 0 radical (unpaired) electrons. The second-order valence-corrected chi connectivity index (χ2v) is 5.61. The first-order valence-electron chi connectivity index (χ1n) is 5.67. The molecule has 0 saturated heterocycles. The predicted molar refractivity (Wildman–Crippen MR) is 86.3 cm³/mol. The van der Waals surface area contributed by atoms with Gasteiger partial charge in [-0.2, -0.15) is 0 Å². The van der Waals surface area contributed by atoms with E-state index in [1.54, 1.807) is 7.05 Å². The smallest absolute Gasteiger partial charge is 0.137 e. The molecular formula is C13H22IN3. The van der Waals surface area contributed by atoms with E-state index in [1.807, 2.05) is 24.4 Å². The predicted octanol–water partition coefficient (Wildman–Crippen LogP) is 3.67. The van der Waals surface area contributed by atoms with Crippen LogP contribution in [0.15, 0.2) is 33.9 Å². The van der Waals surface area contributed by atoms with Gasteiger partial charge in [0.25, 0.3) is 0 Å². The van der Waals surface area contributed by atoms with E-state index in [9.17, 15) is 0 Å². The highest BCUT2D eigenvalue weighted by Crippen LogP contribution is 2.12. The Bertz CT molecular complexity index is 341. The molecule has 0 amide bonds. The minimum Gasteiger partial charge on any atom is -0.339 e. The lowest BCUT2D eigenvalue weighted by molar-refractivity contribution is 0.609. The Balaban J connectivity index is 4.91. The van der Waals surface area contributed by atoms with Gasteiger partial charge in [-0.05, 0) is 25.8 Å². The SMILES string of the molecule is C=C/C(C)=C(\CC)N(C)C=NC(=NC)C(C)I. The summed E-state index contributed by atoms with van der Waals surface area (Å²) in [5.41, 5.74) is 2.40. The highest BCUT2D eigenvalue weighted by atomic mass is 127. The average molecular weight is 347 g/mol. The lowest BCUT2D eigenvalue weighted by Gasteiger charge is -2.18. The summed E-state index contributed by atoms with van der Waals surface area (Å²) in [6.45, 7) is 10.1. The van der Waals surface area contributed by atoms with Gasteiger partial charge in [0.1, 0.15) is 5.84 Å². The van der Waals surface area contributed by atoms with Gasteiger partial charge in [0.15, 0.2) is 0 Å². The van der Waals surface area contributed by atoms with Gasteiger partial charge in [-0.3, -0.25) is 4.99 Å². The van der Waals surface area contributed by atoms with Crippen LogP contribution in [0.2, 0.25) is 0 Å². The standard InChI is InChI=1S/C13H22IN3/c1-7-10(3)12(8-2)17(6)9-16-13(15-5)11(4)14/h7,9,11H,1,8H2,2-6H3/b12-10+,15-13?,16-9?. The number of hydrogen-bond donors (Lipinski definition) is 0. The molecule has 0 aromatic carbocycles. The van der Waals surface area contributed by atoms with Gasteiger partial charge >= 0.3 is 0 Å². The number of hydrogen-bond acceptors (Lipinski definition) is 1. The third kappa shape index (κ3) is 5.48. The topological polar surface area (TPSA) is 28.0 Å². The van der Waals surface area contributed by atoms with Crippen molar-refractivity contribution < 1.29 is 0 Å². The van der Waals surface area contributed by atoms with Crippen LogP contribution in [0.25, 0.3) is 0 Å². The van der Waals surface area contributed by atoms with Crippen molar-refractivity contribution in [2.45, 2.75) is 31.1 Å². The van der Waals surface area contributed by atoms with Crippen LogP contribution in [0.1, 0.15) is 27.2 Å². The molecule has 0 fully saturated rings. The molecule has 0 rings (SSSR count). The van der Waals surface area contributed by atoms with Crippen LogP contribution in [0, 0.1) is 0 Å². The molecule has 0 aliphatic rings. The Morgan fingerprint density at radius 2 is 2.12 bits per heavy atom. The number of alkyl halides is 1. The number of rotatable bonds is 5. The Hall–Kier alpha value is -0.650. The van der Waals surface area contributed by atoms with Gasteiger partial charge in [0.2, 0.25) is 0 Å².